The van der Waals surface area contributed by atoms with Gasteiger partial charge in [0.25, 0.3) is 0 Å². The lowest BCUT2D eigenvalue weighted by Crippen LogP contribution is -2.37. The number of benzene rings is 1. The SMILES string of the molecule is CC(CN=C(N)NCC1CCC1)Oc1ccccc1.I. The molecule has 5 heteroatoms. The Kier molecular flexibility index (Phi) is 7.72. The summed E-state index contributed by atoms with van der Waals surface area (Å²) in [6.45, 7) is 3.51. The highest BCUT2D eigenvalue weighted by Gasteiger charge is 2.16. The molecule has 0 saturated heterocycles. The van der Waals surface area contributed by atoms with E-state index in [1.807, 2.05) is 37.3 Å². The molecule has 1 aliphatic carbocycles. The molecule has 112 valence electrons. The standard InChI is InChI=1S/C15H23N3O.HI/c1-12(19-14-8-3-2-4-9-14)10-17-15(16)18-11-13-6-5-7-13;/h2-4,8-9,12-13H,5-7,10-11H2,1H3,(H3,16,17,18);1H. The van der Waals surface area contributed by atoms with Crippen LogP contribution in [0.15, 0.2) is 35.3 Å². The summed E-state index contributed by atoms with van der Waals surface area (Å²) in [6, 6.07) is 9.77. The lowest BCUT2D eigenvalue weighted by atomic mass is 9.85. The Morgan fingerprint density at radius 2 is 2.10 bits per heavy atom. The van der Waals surface area contributed by atoms with E-state index in [0.717, 1.165) is 18.2 Å². The Morgan fingerprint density at radius 1 is 1.40 bits per heavy atom. The van der Waals surface area contributed by atoms with Gasteiger partial charge in [-0.15, -0.1) is 24.0 Å². The van der Waals surface area contributed by atoms with Crippen LogP contribution in [-0.2, 0) is 0 Å². The van der Waals surface area contributed by atoms with Gasteiger partial charge in [-0.3, -0.25) is 0 Å². The van der Waals surface area contributed by atoms with Crippen molar-refractivity contribution in [2.45, 2.75) is 32.3 Å². The fourth-order valence-electron chi connectivity index (χ4n) is 2.00. The van der Waals surface area contributed by atoms with Gasteiger partial charge >= 0.3 is 0 Å². The predicted molar refractivity (Wildman–Crippen MR) is 93.8 cm³/mol. The van der Waals surface area contributed by atoms with E-state index in [4.69, 9.17) is 10.5 Å². The molecular formula is C15H24IN3O. The van der Waals surface area contributed by atoms with Gasteiger partial charge in [0.15, 0.2) is 5.96 Å². The van der Waals surface area contributed by atoms with E-state index in [2.05, 4.69) is 10.3 Å². The first-order valence-electron chi connectivity index (χ1n) is 6.99. The highest BCUT2D eigenvalue weighted by Crippen LogP contribution is 2.24. The molecule has 0 bridgehead atoms. The van der Waals surface area contributed by atoms with Gasteiger partial charge in [-0.25, -0.2) is 4.99 Å². The number of rotatable bonds is 6. The van der Waals surface area contributed by atoms with Gasteiger partial charge in [-0.1, -0.05) is 24.6 Å². The van der Waals surface area contributed by atoms with E-state index in [1.54, 1.807) is 0 Å². The average Bonchev–Trinajstić information content (AvgIpc) is 2.36. The molecule has 20 heavy (non-hydrogen) atoms. The maximum absolute atomic E-state index is 5.83. The maximum atomic E-state index is 5.83. The van der Waals surface area contributed by atoms with E-state index in [9.17, 15) is 0 Å². The van der Waals surface area contributed by atoms with Crippen LogP contribution in [0.4, 0.5) is 0 Å². The highest BCUT2D eigenvalue weighted by atomic mass is 127. The van der Waals surface area contributed by atoms with Crippen LogP contribution in [0.2, 0.25) is 0 Å². The van der Waals surface area contributed by atoms with Crippen molar-refractivity contribution in [3.63, 3.8) is 0 Å². The zero-order valence-corrected chi connectivity index (χ0v) is 14.2. The van der Waals surface area contributed by atoms with Crippen LogP contribution in [-0.4, -0.2) is 25.2 Å². The number of para-hydroxylation sites is 1. The predicted octanol–water partition coefficient (Wildman–Crippen LogP) is 2.78. The summed E-state index contributed by atoms with van der Waals surface area (Å²) in [5.41, 5.74) is 5.83. The first-order valence-corrected chi connectivity index (χ1v) is 6.99. The third kappa shape index (κ3) is 5.98. The lowest BCUT2D eigenvalue weighted by molar-refractivity contribution is 0.230. The van der Waals surface area contributed by atoms with E-state index >= 15 is 0 Å². The first kappa shape index (κ1) is 17.1. The zero-order chi connectivity index (χ0) is 13.5. The molecular weight excluding hydrogens is 365 g/mol. The number of ether oxygens (including phenoxy) is 1. The zero-order valence-electron chi connectivity index (χ0n) is 11.9. The van der Waals surface area contributed by atoms with Crippen molar-refractivity contribution in [2.24, 2.45) is 16.6 Å². The summed E-state index contributed by atoms with van der Waals surface area (Å²) in [7, 11) is 0. The Hall–Kier alpha value is -0.980. The number of aliphatic imine (C=N–C) groups is 1. The molecule has 4 nitrogen and oxygen atoms in total. The minimum atomic E-state index is 0. The number of halogens is 1. The van der Waals surface area contributed by atoms with Crippen molar-refractivity contribution in [3.8, 4) is 5.75 Å². The van der Waals surface area contributed by atoms with E-state index < -0.39 is 0 Å². The Bertz CT molecular complexity index is 407. The highest BCUT2D eigenvalue weighted by molar-refractivity contribution is 14.0. The Labute approximate surface area is 138 Å². The maximum Gasteiger partial charge on any atom is 0.188 e. The summed E-state index contributed by atoms with van der Waals surface area (Å²) >= 11 is 0. The van der Waals surface area contributed by atoms with Crippen molar-refractivity contribution in [1.29, 1.82) is 0 Å². The quantitative estimate of drug-likeness (QED) is 0.447. The van der Waals surface area contributed by atoms with Gasteiger partial charge in [-0.05, 0) is 37.8 Å². The monoisotopic (exact) mass is 389 g/mol. The number of nitrogens with two attached hydrogens (primary N) is 1. The molecule has 1 unspecified atom stereocenters. The second-order valence-electron chi connectivity index (χ2n) is 5.15. The summed E-state index contributed by atoms with van der Waals surface area (Å²) in [5.74, 6) is 2.17. The Morgan fingerprint density at radius 3 is 2.70 bits per heavy atom. The number of guanidine groups is 1. The van der Waals surface area contributed by atoms with Gasteiger partial charge in [0.1, 0.15) is 11.9 Å². The molecule has 0 spiro atoms. The Balaban J connectivity index is 0.00000200. The molecule has 0 radical (unpaired) electrons. The molecule has 1 saturated carbocycles. The van der Waals surface area contributed by atoms with Gasteiger partial charge in [-0.2, -0.15) is 0 Å². The minimum absolute atomic E-state index is 0. The van der Waals surface area contributed by atoms with Crippen molar-refractivity contribution in [2.75, 3.05) is 13.1 Å². The summed E-state index contributed by atoms with van der Waals surface area (Å²) in [6.07, 6.45) is 4.00. The van der Waals surface area contributed by atoms with E-state index in [0.29, 0.717) is 12.5 Å². The lowest BCUT2D eigenvalue weighted by Gasteiger charge is -2.25. The van der Waals surface area contributed by atoms with Crippen LogP contribution in [0.3, 0.4) is 0 Å². The van der Waals surface area contributed by atoms with Gasteiger partial charge < -0.3 is 15.8 Å². The average molecular weight is 389 g/mol. The fraction of sp³-hybridized carbons (Fsp3) is 0.533. The number of nitrogens with one attached hydrogen (secondary N) is 1. The van der Waals surface area contributed by atoms with Crippen LogP contribution in [0.5, 0.6) is 5.75 Å². The normalized spacial score (nSPS) is 16.8. The molecule has 1 aromatic rings. The van der Waals surface area contributed by atoms with Gasteiger partial charge in [0.2, 0.25) is 0 Å². The van der Waals surface area contributed by atoms with Crippen molar-refractivity contribution < 1.29 is 4.74 Å². The minimum Gasteiger partial charge on any atom is -0.489 e. The third-order valence-electron chi connectivity index (χ3n) is 3.40. The van der Waals surface area contributed by atoms with Crippen LogP contribution >= 0.6 is 24.0 Å². The molecule has 0 aromatic heterocycles. The smallest absolute Gasteiger partial charge is 0.188 e. The van der Waals surface area contributed by atoms with E-state index in [-0.39, 0.29) is 30.1 Å². The van der Waals surface area contributed by atoms with Gasteiger partial charge in [0.05, 0.1) is 6.54 Å². The topological polar surface area (TPSA) is 59.6 Å². The molecule has 1 aliphatic rings. The first-order chi connectivity index (χ1) is 9.24. The third-order valence-corrected chi connectivity index (χ3v) is 3.40. The molecule has 0 amide bonds. The number of hydrogen-bond acceptors (Lipinski definition) is 2. The van der Waals surface area contributed by atoms with Crippen molar-refractivity contribution in [3.05, 3.63) is 30.3 Å². The van der Waals surface area contributed by atoms with Crippen molar-refractivity contribution >= 4 is 29.9 Å². The largest absolute Gasteiger partial charge is 0.489 e. The molecule has 1 atom stereocenters. The van der Waals surface area contributed by atoms with Crippen LogP contribution in [0.1, 0.15) is 26.2 Å². The molecule has 0 aliphatic heterocycles. The van der Waals surface area contributed by atoms with Crippen LogP contribution < -0.4 is 15.8 Å². The molecule has 1 fully saturated rings. The van der Waals surface area contributed by atoms with Gasteiger partial charge in [0, 0.05) is 6.54 Å². The molecule has 3 N–H and O–H groups in total. The van der Waals surface area contributed by atoms with Crippen LogP contribution in [0.25, 0.3) is 0 Å². The molecule has 2 rings (SSSR count). The molecule has 1 aromatic carbocycles. The second kappa shape index (κ2) is 9.05. The van der Waals surface area contributed by atoms with E-state index in [1.165, 1.54) is 19.3 Å². The second-order valence-corrected chi connectivity index (χ2v) is 5.15. The number of nitrogens with zero attached hydrogens (tertiary/aromatic N) is 1. The summed E-state index contributed by atoms with van der Waals surface area (Å²) < 4.78 is 5.73. The van der Waals surface area contributed by atoms with Crippen molar-refractivity contribution in [1.82, 2.24) is 5.32 Å². The van der Waals surface area contributed by atoms with Crippen LogP contribution in [0, 0.1) is 5.92 Å². The summed E-state index contributed by atoms with van der Waals surface area (Å²) in [5, 5.41) is 3.18. The molecule has 0 heterocycles. The fourth-order valence-corrected chi connectivity index (χ4v) is 2.00. The summed E-state index contributed by atoms with van der Waals surface area (Å²) in [4.78, 5) is 4.31. The number of hydrogen-bond donors (Lipinski definition) is 2.